The van der Waals surface area contributed by atoms with E-state index in [1.807, 2.05) is 0 Å². The van der Waals surface area contributed by atoms with Gasteiger partial charge in [-0.3, -0.25) is 4.79 Å². The highest BCUT2D eigenvalue weighted by Crippen LogP contribution is 2.46. The molecule has 0 bridgehead atoms. The monoisotopic (exact) mass is 508 g/mol. The molecular formula is C18H6F10O2S2. The third-order valence-electron chi connectivity index (χ3n) is 4.23. The fourth-order valence-corrected chi connectivity index (χ4v) is 6.44. The van der Waals surface area contributed by atoms with E-state index in [0.29, 0.717) is 16.2 Å². The minimum atomic E-state index is -2.67. The SMILES string of the molecule is O=C(O)C1C=CS(=CC(c2c(F)c(F)c(F)c(F)c2F)c2c(F)c(F)c(F)c(F)c2F)S1. The summed E-state index contributed by atoms with van der Waals surface area (Å²) in [5.74, 6) is -29.6. The van der Waals surface area contributed by atoms with E-state index >= 15 is 0 Å². The van der Waals surface area contributed by atoms with Crippen molar-refractivity contribution in [2.45, 2.75) is 11.2 Å². The highest BCUT2D eigenvalue weighted by Gasteiger charge is 2.37. The summed E-state index contributed by atoms with van der Waals surface area (Å²) in [5, 5.41) is 9.35. The standard InChI is InChI=1S/C18H6F10O2S2/c19-8-6(9(20)13(24)16(27)12(8)23)4(3-32-2-1-5(31-32)18(29)30)7-10(21)14(25)17(28)15(26)11(7)22/h1-5H,(H,29,30). The van der Waals surface area contributed by atoms with Crippen molar-refractivity contribution < 1.29 is 53.8 Å². The molecule has 0 amide bonds. The van der Waals surface area contributed by atoms with Gasteiger partial charge in [-0.15, -0.1) is 9.52 Å². The van der Waals surface area contributed by atoms with Crippen LogP contribution in [-0.4, -0.2) is 21.7 Å². The largest absolute Gasteiger partial charge is 0.480 e. The maximum atomic E-state index is 14.4. The number of halogens is 10. The number of carbonyl (C=O) groups is 1. The zero-order valence-corrected chi connectivity index (χ0v) is 16.5. The highest BCUT2D eigenvalue weighted by molar-refractivity contribution is 8.85. The van der Waals surface area contributed by atoms with E-state index in [0.717, 1.165) is 11.5 Å². The first-order valence-electron chi connectivity index (χ1n) is 8.06. The lowest BCUT2D eigenvalue weighted by atomic mass is 9.90. The first kappa shape index (κ1) is 24.2. The minimum absolute atomic E-state index is 0.532. The van der Waals surface area contributed by atoms with E-state index in [1.54, 1.807) is 0 Å². The Balaban J connectivity index is 2.38. The smallest absolute Gasteiger partial charge is 0.321 e. The van der Waals surface area contributed by atoms with Crippen LogP contribution in [0.1, 0.15) is 17.0 Å². The summed E-state index contributed by atoms with van der Waals surface area (Å²) in [4.78, 5) is 11.0. The van der Waals surface area contributed by atoms with E-state index in [9.17, 15) is 48.7 Å². The van der Waals surface area contributed by atoms with Crippen LogP contribution in [0.4, 0.5) is 43.9 Å². The van der Waals surface area contributed by atoms with Gasteiger partial charge < -0.3 is 5.11 Å². The quantitative estimate of drug-likeness (QED) is 0.184. The van der Waals surface area contributed by atoms with Gasteiger partial charge in [0.15, 0.2) is 46.5 Å². The van der Waals surface area contributed by atoms with E-state index in [4.69, 9.17) is 5.11 Å². The normalized spacial score (nSPS) is 18.2. The fourth-order valence-electron chi connectivity index (χ4n) is 2.74. The molecule has 0 aliphatic carbocycles. The second kappa shape index (κ2) is 8.81. The van der Waals surface area contributed by atoms with Crippen LogP contribution >= 0.6 is 20.3 Å². The predicted molar refractivity (Wildman–Crippen MR) is 96.1 cm³/mol. The maximum absolute atomic E-state index is 14.4. The molecule has 2 unspecified atom stereocenters. The number of hydrogen-bond donors (Lipinski definition) is 1. The molecule has 32 heavy (non-hydrogen) atoms. The summed E-state index contributed by atoms with van der Waals surface area (Å²) in [6.45, 7) is 0. The van der Waals surface area contributed by atoms with E-state index in [1.165, 1.54) is 0 Å². The van der Waals surface area contributed by atoms with Crippen molar-refractivity contribution in [3.05, 3.63) is 80.8 Å². The molecule has 0 fully saturated rings. The van der Waals surface area contributed by atoms with Crippen LogP contribution in [0.15, 0.2) is 11.5 Å². The predicted octanol–water partition coefficient (Wildman–Crippen LogP) is 5.91. The maximum Gasteiger partial charge on any atom is 0.321 e. The van der Waals surface area contributed by atoms with Crippen LogP contribution < -0.4 is 0 Å². The second-order valence-corrected chi connectivity index (χ2v) is 9.73. The Bertz CT molecular complexity index is 1080. The lowest BCUT2D eigenvalue weighted by Crippen LogP contribution is -2.18. The van der Waals surface area contributed by atoms with Crippen molar-refractivity contribution in [1.82, 2.24) is 0 Å². The van der Waals surface area contributed by atoms with Crippen LogP contribution in [-0.2, 0) is 4.79 Å². The van der Waals surface area contributed by atoms with Gasteiger partial charge in [-0.1, -0.05) is 16.9 Å². The summed E-state index contributed by atoms with van der Waals surface area (Å²) in [7, 11) is -1.06. The lowest BCUT2D eigenvalue weighted by Gasteiger charge is -2.20. The molecule has 2 nitrogen and oxygen atoms in total. The molecule has 1 aliphatic rings. The number of hydrogen-bond acceptors (Lipinski definition) is 2. The van der Waals surface area contributed by atoms with Gasteiger partial charge in [-0.2, -0.15) is 0 Å². The minimum Gasteiger partial charge on any atom is -0.480 e. The highest BCUT2D eigenvalue weighted by atomic mass is 33.1. The van der Waals surface area contributed by atoms with Gasteiger partial charge >= 0.3 is 5.97 Å². The summed E-state index contributed by atoms with van der Waals surface area (Å²) in [6.07, 6.45) is 1.06. The number of aliphatic carboxylic acids is 1. The molecule has 2 atom stereocenters. The molecule has 0 saturated carbocycles. The van der Waals surface area contributed by atoms with Crippen LogP contribution in [0.5, 0.6) is 0 Å². The van der Waals surface area contributed by atoms with Gasteiger partial charge in [0.05, 0.1) is 0 Å². The van der Waals surface area contributed by atoms with E-state index < -0.39 is 96.0 Å². The summed E-state index contributed by atoms with van der Waals surface area (Å²) >= 11 is 0. The molecule has 172 valence electrons. The molecule has 1 N–H and O–H groups in total. The van der Waals surface area contributed by atoms with E-state index in [2.05, 4.69) is 0 Å². The molecular weight excluding hydrogens is 502 g/mol. The van der Waals surface area contributed by atoms with Gasteiger partial charge in [0.2, 0.25) is 11.6 Å². The van der Waals surface area contributed by atoms with Gasteiger partial charge in [0, 0.05) is 17.0 Å². The number of carboxylic acids is 1. The zero-order valence-electron chi connectivity index (χ0n) is 14.8. The summed E-state index contributed by atoms with van der Waals surface area (Å²) in [5.41, 5.74) is -3.74. The molecule has 0 radical (unpaired) electrons. The average Bonchev–Trinajstić information content (AvgIpc) is 3.22. The van der Waals surface area contributed by atoms with Crippen molar-refractivity contribution in [3.63, 3.8) is 0 Å². The van der Waals surface area contributed by atoms with Gasteiger partial charge in [-0.25, -0.2) is 43.9 Å². The first-order valence-corrected chi connectivity index (χ1v) is 10.8. The van der Waals surface area contributed by atoms with Crippen LogP contribution in [0.3, 0.4) is 0 Å². The Morgan fingerprint density at radius 3 is 1.41 bits per heavy atom. The fraction of sp³-hybridized carbons (Fsp3) is 0.111. The lowest BCUT2D eigenvalue weighted by molar-refractivity contribution is -0.135. The van der Waals surface area contributed by atoms with Crippen LogP contribution in [0.2, 0.25) is 0 Å². The second-order valence-electron chi connectivity index (χ2n) is 6.09. The van der Waals surface area contributed by atoms with Gasteiger partial charge in [0.25, 0.3) is 0 Å². The Labute approximate surface area is 177 Å². The topological polar surface area (TPSA) is 37.3 Å². The molecule has 2 aromatic rings. The van der Waals surface area contributed by atoms with Crippen molar-refractivity contribution in [2.24, 2.45) is 0 Å². The first-order chi connectivity index (χ1) is 14.9. The van der Waals surface area contributed by atoms with Crippen molar-refractivity contribution >= 4 is 31.6 Å². The summed E-state index contributed by atoms with van der Waals surface area (Å²) < 4.78 is 139. The number of benzene rings is 2. The third kappa shape index (κ3) is 3.89. The Morgan fingerprint density at radius 2 is 1.09 bits per heavy atom. The van der Waals surface area contributed by atoms with Crippen LogP contribution in [0, 0.1) is 58.2 Å². The molecule has 0 aromatic heterocycles. The van der Waals surface area contributed by atoms with Crippen molar-refractivity contribution in [3.8, 4) is 0 Å². The molecule has 1 aliphatic heterocycles. The van der Waals surface area contributed by atoms with Crippen LogP contribution in [0.25, 0.3) is 0 Å². The molecule has 1 heterocycles. The molecule has 2 aromatic carbocycles. The zero-order chi connectivity index (χ0) is 24.1. The number of rotatable bonds is 4. The molecule has 0 spiro atoms. The Morgan fingerprint density at radius 1 is 0.750 bits per heavy atom. The molecule has 14 heteroatoms. The van der Waals surface area contributed by atoms with Gasteiger partial charge in [0.1, 0.15) is 5.25 Å². The van der Waals surface area contributed by atoms with Crippen molar-refractivity contribution in [2.75, 3.05) is 0 Å². The molecule has 3 rings (SSSR count). The Kier molecular flexibility index (Phi) is 6.65. The molecule has 0 saturated heterocycles. The third-order valence-corrected chi connectivity index (χ3v) is 7.93. The van der Waals surface area contributed by atoms with Gasteiger partial charge in [-0.05, 0) is 10.8 Å². The summed E-state index contributed by atoms with van der Waals surface area (Å²) in [6, 6.07) is 0. The van der Waals surface area contributed by atoms with Crippen molar-refractivity contribution in [1.29, 1.82) is 0 Å². The average molecular weight is 508 g/mol. The number of carboxylic acid groups (broad SMARTS) is 1. The van der Waals surface area contributed by atoms with E-state index in [-0.39, 0.29) is 0 Å². The Hall–Kier alpha value is -2.48.